The second kappa shape index (κ2) is 2.74. The third-order valence-corrected chi connectivity index (χ3v) is 2.72. The topological polar surface area (TPSA) is 32.3 Å². The first-order chi connectivity index (χ1) is 6.14. The van der Waals surface area contributed by atoms with Gasteiger partial charge in [-0.1, -0.05) is 18.2 Å². The highest BCUT2D eigenvalue weighted by molar-refractivity contribution is 5.63. The summed E-state index contributed by atoms with van der Waals surface area (Å²) in [4.78, 5) is 0. The van der Waals surface area contributed by atoms with Crippen LogP contribution in [0.1, 0.15) is 18.1 Å². The normalized spacial score (nSPS) is 25.5. The molecule has 2 nitrogen and oxygen atoms in total. The Hall–Kier alpha value is -1.02. The van der Waals surface area contributed by atoms with Crippen LogP contribution in [0.25, 0.3) is 0 Å². The lowest BCUT2D eigenvalue weighted by Gasteiger charge is -2.22. The molecule has 1 heterocycles. The van der Waals surface area contributed by atoms with Gasteiger partial charge in [-0.05, 0) is 31.4 Å². The standard InChI is InChI=1S/C11H15NO/c1-8-4-3-5-9-6-11(2,7-13)12-10(8)9/h3-5,12-13H,6-7H2,1-2H3. The number of aliphatic hydroxyl groups is 1. The summed E-state index contributed by atoms with van der Waals surface area (Å²) in [5, 5.41) is 12.6. The summed E-state index contributed by atoms with van der Waals surface area (Å²) in [5.74, 6) is 0. The van der Waals surface area contributed by atoms with Gasteiger partial charge in [-0.2, -0.15) is 0 Å². The molecule has 1 aromatic carbocycles. The summed E-state index contributed by atoms with van der Waals surface area (Å²) in [6.07, 6.45) is 0.917. The van der Waals surface area contributed by atoms with Crippen LogP contribution in [0.5, 0.6) is 0 Å². The van der Waals surface area contributed by atoms with Crippen molar-refractivity contribution in [2.45, 2.75) is 25.8 Å². The minimum atomic E-state index is -0.158. The highest BCUT2D eigenvalue weighted by Crippen LogP contribution is 2.34. The molecule has 0 saturated carbocycles. The van der Waals surface area contributed by atoms with Crippen molar-refractivity contribution in [2.24, 2.45) is 0 Å². The van der Waals surface area contributed by atoms with Crippen LogP contribution in [-0.2, 0) is 6.42 Å². The molecular formula is C11H15NO. The van der Waals surface area contributed by atoms with E-state index >= 15 is 0 Å². The Balaban J connectivity index is 2.40. The number of hydrogen-bond donors (Lipinski definition) is 2. The SMILES string of the molecule is Cc1cccc2c1NC(C)(CO)C2. The number of aryl methyl sites for hydroxylation is 1. The van der Waals surface area contributed by atoms with Gasteiger partial charge in [0.25, 0.3) is 0 Å². The fraction of sp³-hybridized carbons (Fsp3) is 0.455. The van der Waals surface area contributed by atoms with Crippen LogP contribution in [0.15, 0.2) is 18.2 Å². The quantitative estimate of drug-likeness (QED) is 0.684. The van der Waals surface area contributed by atoms with E-state index in [1.54, 1.807) is 0 Å². The van der Waals surface area contributed by atoms with Gasteiger partial charge in [-0.25, -0.2) is 0 Å². The molecule has 1 aromatic rings. The highest BCUT2D eigenvalue weighted by atomic mass is 16.3. The van der Waals surface area contributed by atoms with Gasteiger partial charge >= 0.3 is 0 Å². The molecule has 0 amide bonds. The van der Waals surface area contributed by atoms with Crippen LogP contribution < -0.4 is 5.32 Å². The van der Waals surface area contributed by atoms with Crippen molar-refractivity contribution < 1.29 is 5.11 Å². The van der Waals surface area contributed by atoms with Crippen molar-refractivity contribution in [3.05, 3.63) is 29.3 Å². The minimum Gasteiger partial charge on any atom is -0.394 e. The molecule has 0 bridgehead atoms. The molecule has 1 aliphatic heterocycles. The average Bonchev–Trinajstić information content (AvgIpc) is 2.45. The molecule has 1 aliphatic rings. The molecule has 2 N–H and O–H groups in total. The molecule has 0 spiro atoms. The van der Waals surface area contributed by atoms with Crippen molar-refractivity contribution in [3.63, 3.8) is 0 Å². The van der Waals surface area contributed by atoms with E-state index in [0.717, 1.165) is 6.42 Å². The minimum absolute atomic E-state index is 0.158. The molecule has 2 rings (SSSR count). The molecule has 0 radical (unpaired) electrons. The number of nitrogens with one attached hydrogen (secondary N) is 1. The summed E-state index contributed by atoms with van der Waals surface area (Å²) in [6.45, 7) is 4.32. The van der Waals surface area contributed by atoms with Gasteiger partial charge in [0.05, 0.1) is 12.1 Å². The lowest BCUT2D eigenvalue weighted by Crippen LogP contribution is -2.36. The first kappa shape index (κ1) is 8.57. The van der Waals surface area contributed by atoms with Crippen molar-refractivity contribution in [1.82, 2.24) is 0 Å². The fourth-order valence-corrected chi connectivity index (χ4v) is 1.92. The van der Waals surface area contributed by atoms with Crippen LogP contribution in [0, 0.1) is 6.92 Å². The van der Waals surface area contributed by atoms with Crippen LogP contribution >= 0.6 is 0 Å². The summed E-state index contributed by atoms with van der Waals surface area (Å²) < 4.78 is 0. The average molecular weight is 177 g/mol. The zero-order valence-corrected chi connectivity index (χ0v) is 8.09. The summed E-state index contributed by atoms with van der Waals surface area (Å²) in [6, 6.07) is 6.28. The Kier molecular flexibility index (Phi) is 1.81. The van der Waals surface area contributed by atoms with E-state index in [2.05, 4.69) is 30.4 Å². The van der Waals surface area contributed by atoms with Gasteiger partial charge in [0.2, 0.25) is 0 Å². The third kappa shape index (κ3) is 1.31. The number of fused-ring (bicyclic) bond motifs is 1. The second-order valence-electron chi connectivity index (χ2n) is 4.13. The van der Waals surface area contributed by atoms with Gasteiger partial charge < -0.3 is 10.4 Å². The maximum absolute atomic E-state index is 9.23. The molecule has 1 unspecified atom stereocenters. The zero-order chi connectivity index (χ0) is 9.47. The summed E-state index contributed by atoms with van der Waals surface area (Å²) in [5.41, 5.74) is 3.62. The smallest absolute Gasteiger partial charge is 0.0662 e. The predicted molar refractivity (Wildman–Crippen MR) is 54.0 cm³/mol. The van der Waals surface area contributed by atoms with E-state index < -0.39 is 0 Å². The lowest BCUT2D eigenvalue weighted by molar-refractivity contribution is 0.227. The Morgan fingerprint density at radius 3 is 2.92 bits per heavy atom. The molecule has 0 saturated heterocycles. The van der Waals surface area contributed by atoms with E-state index in [-0.39, 0.29) is 12.1 Å². The van der Waals surface area contributed by atoms with E-state index in [0.29, 0.717) is 0 Å². The number of aliphatic hydroxyl groups excluding tert-OH is 1. The fourth-order valence-electron chi connectivity index (χ4n) is 1.92. The molecule has 0 aromatic heterocycles. The Bertz CT molecular complexity index is 335. The van der Waals surface area contributed by atoms with Crippen molar-refractivity contribution in [2.75, 3.05) is 11.9 Å². The van der Waals surface area contributed by atoms with Crippen LogP contribution in [0.4, 0.5) is 5.69 Å². The largest absolute Gasteiger partial charge is 0.394 e. The molecule has 0 aliphatic carbocycles. The number of hydrogen-bond acceptors (Lipinski definition) is 2. The first-order valence-electron chi connectivity index (χ1n) is 4.62. The summed E-state index contributed by atoms with van der Waals surface area (Å²) >= 11 is 0. The van der Waals surface area contributed by atoms with E-state index in [1.807, 2.05) is 6.92 Å². The first-order valence-corrected chi connectivity index (χ1v) is 4.62. The number of para-hydroxylation sites is 1. The lowest BCUT2D eigenvalue weighted by atomic mass is 9.99. The summed E-state index contributed by atoms with van der Waals surface area (Å²) in [7, 11) is 0. The Morgan fingerprint density at radius 2 is 2.31 bits per heavy atom. The van der Waals surface area contributed by atoms with E-state index in [1.165, 1.54) is 16.8 Å². The molecular weight excluding hydrogens is 162 g/mol. The molecule has 1 atom stereocenters. The number of rotatable bonds is 1. The van der Waals surface area contributed by atoms with Gasteiger partial charge in [0.15, 0.2) is 0 Å². The molecule has 2 heteroatoms. The number of anilines is 1. The maximum Gasteiger partial charge on any atom is 0.0662 e. The predicted octanol–water partition coefficient (Wildman–Crippen LogP) is 1.71. The number of benzene rings is 1. The van der Waals surface area contributed by atoms with Gasteiger partial charge in [-0.15, -0.1) is 0 Å². The van der Waals surface area contributed by atoms with Crippen molar-refractivity contribution in [1.29, 1.82) is 0 Å². The molecule has 13 heavy (non-hydrogen) atoms. The van der Waals surface area contributed by atoms with Gasteiger partial charge in [0, 0.05) is 5.69 Å². The van der Waals surface area contributed by atoms with Gasteiger partial charge in [-0.3, -0.25) is 0 Å². The van der Waals surface area contributed by atoms with Crippen molar-refractivity contribution >= 4 is 5.69 Å². The molecule has 0 fully saturated rings. The third-order valence-electron chi connectivity index (χ3n) is 2.72. The van der Waals surface area contributed by atoms with Crippen LogP contribution in [-0.4, -0.2) is 17.3 Å². The van der Waals surface area contributed by atoms with Crippen molar-refractivity contribution in [3.8, 4) is 0 Å². The van der Waals surface area contributed by atoms with Gasteiger partial charge in [0.1, 0.15) is 0 Å². The Labute approximate surface area is 78.6 Å². The van der Waals surface area contributed by atoms with E-state index in [9.17, 15) is 5.11 Å². The monoisotopic (exact) mass is 177 g/mol. The zero-order valence-electron chi connectivity index (χ0n) is 8.09. The molecule has 70 valence electrons. The Morgan fingerprint density at radius 1 is 1.54 bits per heavy atom. The highest BCUT2D eigenvalue weighted by Gasteiger charge is 2.31. The van der Waals surface area contributed by atoms with Crippen LogP contribution in [0.3, 0.4) is 0 Å². The van der Waals surface area contributed by atoms with Crippen LogP contribution in [0.2, 0.25) is 0 Å². The van der Waals surface area contributed by atoms with E-state index in [4.69, 9.17) is 0 Å². The second-order valence-corrected chi connectivity index (χ2v) is 4.13. The maximum atomic E-state index is 9.23.